The summed E-state index contributed by atoms with van der Waals surface area (Å²) in [5.74, 6) is 0.296. The summed E-state index contributed by atoms with van der Waals surface area (Å²) < 4.78 is 40.4. The number of carbonyl (C=O) groups is 1. The van der Waals surface area contributed by atoms with E-state index in [9.17, 15) is 13.6 Å². The molecule has 164 valence electrons. The highest BCUT2D eigenvalue weighted by molar-refractivity contribution is 7.14. The second kappa shape index (κ2) is 10.7. The molecule has 1 amide bonds. The Kier molecular flexibility index (Phi) is 7.77. The summed E-state index contributed by atoms with van der Waals surface area (Å²) in [6, 6.07) is 11.6. The van der Waals surface area contributed by atoms with Crippen LogP contribution in [0.3, 0.4) is 0 Å². The summed E-state index contributed by atoms with van der Waals surface area (Å²) in [4.78, 5) is 17.0. The van der Waals surface area contributed by atoms with E-state index in [1.165, 1.54) is 29.5 Å². The van der Waals surface area contributed by atoms with E-state index in [4.69, 9.17) is 9.47 Å². The van der Waals surface area contributed by atoms with Gasteiger partial charge in [-0.05, 0) is 55.8 Å². The van der Waals surface area contributed by atoms with Crippen molar-refractivity contribution in [1.82, 2.24) is 4.98 Å². The lowest BCUT2D eigenvalue weighted by Gasteiger charge is -2.12. The number of aromatic nitrogens is 1. The minimum atomic E-state index is -2.99. The molecule has 0 bridgehead atoms. The van der Waals surface area contributed by atoms with Crippen molar-refractivity contribution in [2.75, 3.05) is 18.5 Å². The molecule has 0 radical (unpaired) electrons. The van der Waals surface area contributed by atoms with Gasteiger partial charge in [-0.25, -0.2) is 4.98 Å². The number of nitrogens with zero attached hydrogens (tertiary/aromatic N) is 1. The second-order valence-electron chi connectivity index (χ2n) is 6.34. The largest absolute Gasteiger partial charge is 0.494 e. The van der Waals surface area contributed by atoms with E-state index in [0.717, 1.165) is 23.4 Å². The van der Waals surface area contributed by atoms with Crippen LogP contribution in [-0.4, -0.2) is 30.7 Å². The van der Waals surface area contributed by atoms with E-state index < -0.39 is 12.5 Å². The molecule has 3 rings (SSSR count). The van der Waals surface area contributed by atoms with Gasteiger partial charge in [0.15, 0.2) is 16.6 Å². The van der Waals surface area contributed by atoms with Crippen LogP contribution in [-0.2, 0) is 0 Å². The van der Waals surface area contributed by atoms with Gasteiger partial charge >= 0.3 is 6.61 Å². The van der Waals surface area contributed by atoms with Crippen molar-refractivity contribution in [3.8, 4) is 28.5 Å². The molecular weight excluding hydrogens is 426 g/mol. The Hall–Kier alpha value is -3.20. The summed E-state index contributed by atoms with van der Waals surface area (Å²) in [6.07, 6.45) is 0.935. The van der Waals surface area contributed by atoms with Crippen molar-refractivity contribution >= 4 is 22.4 Å². The Labute approximate surface area is 182 Å². The molecule has 9 heteroatoms. The molecule has 3 aromatic rings. The first kappa shape index (κ1) is 22.5. The molecule has 0 fully saturated rings. The summed E-state index contributed by atoms with van der Waals surface area (Å²) in [6.45, 7) is 1.66. The Bertz CT molecular complexity index is 1010. The van der Waals surface area contributed by atoms with E-state index in [2.05, 4.69) is 15.0 Å². The number of hydrogen-bond donors (Lipinski definition) is 1. The zero-order chi connectivity index (χ0) is 22.2. The lowest BCUT2D eigenvalue weighted by molar-refractivity contribution is -0.0514. The van der Waals surface area contributed by atoms with Crippen molar-refractivity contribution in [2.45, 2.75) is 26.9 Å². The number of ether oxygens (including phenoxy) is 3. The molecule has 0 aliphatic heterocycles. The van der Waals surface area contributed by atoms with E-state index in [0.29, 0.717) is 11.7 Å². The van der Waals surface area contributed by atoms with Crippen LogP contribution in [0.2, 0.25) is 0 Å². The second-order valence-corrected chi connectivity index (χ2v) is 7.20. The summed E-state index contributed by atoms with van der Waals surface area (Å²) >= 11 is 1.28. The first-order valence-corrected chi connectivity index (χ1v) is 10.6. The molecule has 0 aliphatic rings. The smallest absolute Gasteiger partial charge is 0.387 e. The van der Waals surface area contributed by atoms with Gasteiger partial charge in [0.2, 0.25) is 0 Å². The molecule has 1 heterocycles. The number of nitrogens with one attached hydrogen (secondary N) is 1. The molecule has 1 aromatic heterocycles. The summed E-state index contributed by atoms with van der Waals surface area (Å²) in [5, 5.41) is 4.97. The fraction of sp³-hybridized carbons (Fsp3) is 0.273. The molecule has 0 saturated heterocycles. The number of halogens is 2. The van der Waals surface area contributed by atoms with Gasteiger partial charge in [-0.15, -0.1) is 11.3 Å². The van der Waals surface area contributed by atoms with E-state index in [1.807, 2.05) is 36.6 Å². The highest BCUT2D eigenvalue weighted by Gasteiger charge is 2.16. The van der Waals surface area contributed by atoms with Crippen LogP contribution in [0.25, 0.3) is 11.3 Å². The molecule has 0 unspecified atom stereocenters. The van der Waals surface area contributed by atoms with Crippen LogP contribution < -0.4 is 19.5 Å². The fourth-order valence-electron chi connectivity index (χ4n) is 2.69. The maximum atomic E-state index is 12.6. The molecule has 0 atom stereocenters. The van der Waals surface area contributed by atoms with Gasteiger partial charge in [-0.2, -0.15) is 8.78 Å². The predicted octanol–water partition coefficient (Wildman–Crippen LogP) is 5.85. The van der Waals surface area contributed by atoms with Crippen LogP contribution in [0.5, 0.6) is 17.2 Å². The lowest BCUT2D eigenvalue weighted by atomic mass is 10.2. The molecule has 0 saturated carbocycles. The molecular formula is C22H22F2N2O4S. The monoisotopic (exact) mass is 448 g/mol. The first-order valence-electron chi connectivity index (χ1n) is 9.72. The molecule has 1 N–H and O–H groups in total. The number of thiazole rings is 1. The van der Waals surface area contributed by atoms with Crippen LogP contribution in [0, 0.1) is 0 Å². The molecule has 6 nitrogen and oxygen atoms in total. The van der Waals surface area contributed by atoms with Gasteiger partial charge in [0.25, 0.3) is 5.91 Å². The first-order chi connectivity index (χ1) is 15.0. The van der Waals surface area contributed by atoms with Gasteiger partial charge in [0, 0.05) is 16.5 Å². The standard InChI is InChI=1S/C22H22F2N2O4S/c1-3-11-29-16-8-5-14(6-9-16)17-13-31-22(25-17)26-20(27)15-7-10-18(30-21(23)24)19(12-15)28-4-2/h5-10,12-13,21H,3-4,11H2,1-2H3,(H,25,26,27). The maximum Gasteiger partial charge on any atom is 0.387 e. The van der Waals surface area contributed by atoms with Crippen molar-refractivity contribution in [1.29, 1.82) is 0 Å². The molecule has 0 aliphatic carbocycles. The third kappa shape index (κ3) is 6.14. The Morgan fingerprint density at radius 2 is 1.87 bits per heavy atom. The summed E-state index contributed by atoms with van der Waals surface area (Å²) in [5.41, 5.74) is 1.85. The topological polar surface area (TPSA) is 69.7 Å². The van der Waals surface area contributed by atoms with Gasteiger partial charge in [0.1, 0.15) is 5.75 Å². The lowest BCUT2D eigenvalue weighted by Crippen LogP contribution is -2.12. The minimum absolute atomic E-state index is 0.0701. The average molecular weight is 448 g/mol. The van der Waals surface area contributed by atoms with E-state index in [-0.39, 0.29) is 23.7 Å². The molecule has 31 heavy (non-hydrogen) atoms. The minimum Gasteiger partial charge on any atom is -0.494 e. The van der Waals surface area contributed by atoms with Crippen LogP contribution in [0.1, 0.15) is 30.6 Å². The highest BCUT2D eigenvalue weighted by Crippen LogP contribution is 2.31. The van der Waals surface area contributed by atoms with Gasteiger partial charge < -0.3 is 14.2 Å². The third-order valence-corrected chi connectivity index (χ3v) is 4.83. The van der Waals surface area contributed by atoms with Crippen molar-refractivity contribution in [2.24, 2.45) is 0 Å². The van der Waals surface area contributed by atoms with Crippen molar-refractivity contribution < 1.29 is 27.8 Å². The number of carbonyl (C=O) groups excluding carboxylic acids is 1. The van der Waals surface area contributed by atoms with Crippen molar-refractivity contribution in [3.63, 3.8) is 0 Å². The van der Waals surface area contributed by atoms with E-state index in [1.54, 1.807) is 6.92 Å². The van der Waals surface area contributed by atoms with Crippen LogP contribution in [0.15, 0.2) is 47.8 Å². The quantitative estimate of drug-likeness (QED) is 0.421. The highest BCUT2D eigenvalue weighted by atomic mass is 32.1. The fourth-order valence-corrected chi connectivity index (χ4v) is 3.40. The average Bonchev–Trinajstić information content (AvgIpc) is 3.22. The normalized spacial score (nSPS) is 10.7. The Balaban J connectivity index is 1.70. The summed E-state index contributed by atoms with van der Waals surface area (Å²) in [7, 11) is 0. The Morgan fingerprint density at radius 3 is 2.55 bits per heavy atom. The number of amides is 1. The van der Waals surface area contributed by atoms with Gasteiger partial charge in [-0.1, -0.05) is 6.92 Å². The number of alkyl halides is 2. The van der Waals surface area contributed by atoms with Crippen molar-refractivity contribution in [3.05, 3.63) is 53.4 Å². The number of hydrogen-bond acceptors (Lipinski definition) is 6. The number of benzene rings is 2. The number of rotatable bonds is 10. The molecule has 0 spiro atoms. The molecule has 2 aromatic carbocycles. The third-order valence-electron chi connectivity index (χ3n) is 4.07. The van der Waals surface area contributed by atoms with E-state index >= 15 is 0 Å². The zero-order valence-electron chi connectivity index (χ0n) is 17.1. The van der Waals surface area contributed by atoms with Gasteiger partial charge in [-0.3, -0.25) is 10.1 Å². The van der Waals surface area contributed by atoms with Crippen LogP contribution in [0.4, 0.5) is 13.9 Å². The van der Waals surface area contributed by atoms with Gasteiger partial charge in [0.05, 0.1) is 18.9 Å². The zero-order valence-corrected chi connectivity index (χ0v) is 17.9. The number of anilines is 1. The van der Waals surface area contributed by atoms with Crippen LogP contribution >= 0.6 is 11.3 Å². The SMILES string of the molecule is CCCOc1ccc(-c2csc(NC(=O)c3ccc(OC(F)F)c(OCC)c3)n2)cc1. The maximum absolute atomic E-state index is 12.6. The Morgan fingerprint density at radius 1 is 1.10 bits per heavy atom. The predicted molar refractivity (Wildman–Crippen MR) is 116 cm³/mol.